The number of halogens is 2. The van der Waals surface area contributed by atoms with Gasteiger partial charge in [-0.2, -0.15) is 0 Å². The van der Waals surface area contributed by atoms with E-state index in [-0.39, 0.29) is 16.7 Å². The van der Waals surface area contributed by atoms with Crippen molar-refractivity contribution in [1.82, 2.24) is 19.5 Å². The van der Waals surface area contributed by atoms with Gasteiger partial charge in [0.25, 0.3) is 0 Å². The van der Waals surface area contributed by atoms with Gasteiger partial charge in [-0.05, 0) is 56.5 Å². The molecule has 2 saturated heterocycles. The molecule has 3 aromatic rings. The molecule has 2 aromatic carbocycles. The van der Waals surface area contributed by atoms with E-state index in [1.165, 1.54) is 11.6 Å². The molecule has 5 rings (SSSR count). The standard InChI is InChI=1S/C28H34F2N6O2S2/c1-17-14-35(15-18(2)32-17)16-19-6-8-21(9-7-19)40(38)36-12-10-20(11-13-36)33-28-34-27(31)26(39-28)25(37)24-22(29)4-3-5-23(24)30/h3-9,17-18,20,32H,10-16,31H2,1-2H3,(H,33,34)/t17-,18+,40?. The molecule has 3 heterocycles. The normalized spacial score (nSPS) is 21.8. The zero-order valence-corrected chi connectivity index (χ0v) is 24.2. The van der Waals surface area contributed by atoms with Gasteiger partial charge in [-0.15, -0.1) is 0 Å². The predicted molar refractivity (Wildman–Crippen MR) is 155 cm³/mol. The number of anilines is 2. The highest BCUT2D eigenvalue weighted by Crippen LogP contribution is 2.31. The fourth-order valence-corrected chi connectivity index (χ4v) is 7.53. The minimum absolute atomic E-state index is 0.00513. The zero-order chi connectivity index (χ0) is 28.4. The van der Waals surface area contributed by atoms with Gasteiger partial charge in [-0.3, -0.25) is 9.69 Å². The summed E-state index contributed by atoms with van der Waals surface area (Å²) in [5, 5.41) is 7.25. The van der Waals surface area contributed by atoms with Crippen molar-refractivity contribution in [1.29, 1.82) is 0 Å². The summed E-state index contributed by atoms with van der Waals surface area (Å²) in [6.07, 6.45) is 1.43. The Balaban J connectivity index is 1.14. The molecule has 0 bridgehead atoms. The summed E-state index contributed by atoms with van der Waals surface area (Å²) >= 11 is 0.981. The number of nitrogen functional groups attached to an aromatic ring is 1. The maximum Gasteiger partial charge on any atom is 0.212 e. The first-order valence-electron chi connectivity index (χ1n) is 13.4. The monoisotopic (exact) mass is 588 g/mol. The van der Waals surface area contributed by atoms with Crippen molar-refractivity contribution in [3.8, 4) is 0 Å². The van der Waals surface area contributed by atoms with Gasteiger partial charge in [0.15, 0.2) is 5.13 Å². The molecule has 214 valence electrons. The summed E-state index contributed by atoms with van der Waals surface area (Å²) < 4.78 is 43.4. The van der Waals surface area contributed by atoms with Crippen molar-refractivity contribution in [2.24, 2.45) is 0 Å². The second-order valence-corrected chi connectivity index (χ2v) is 13.0. The summed E-state index contributed by atoms with van der Waals surface area (Å²) in [7, 11) is -1.26. The van der Waals surface area contributed by atoms with Crippen LogP contribution in [-0.4, -0.2) is 68.5 Å². The van der Waals surface area contributed by atoms with Crippen LogP contribution in [0.5, 0.6) is 0 Å². The molecule has 3 atom stereocenters. The molecule has 0 aliphatic carbocycles. The van der Waals surface area contributed by atoms with Crippen molar-refractivity contribution in [2.45, 2.75) is 56.3 Å². The van der Waals surface area contributed by atoms with Crippen molar-refractivity contribution in [3.63, 3.8) is 0 Å². The molecule has 1 unspecified atom stereocenters. The number of hydrogen-bond acceptors (Lipinski definition) is 8. The Kier molecular flexibility index (Phi) is 8.91. The lowest BCUT2D eigenvalue weighted by Crippen LogP contribution is -2.53. The number of carbonyl (C=O) groups is 1. The molecule has 4 N–H and O–H groups in total. The SMILES string of the molecule is C[C@@H]1CN(Cc2ccc(S(=O)N3CCC(Nc4nc(N)c(C(=O)c5c(F)cccc5F)s4)CC3)cc2)C[C@H](C)N1. The Labute approximate surface area is 239 Å². The number of nitrogens with zero attached hydrogens (tertiary/aromatic N) is 3. The van der Waals surface area contributed by atoms with Crippen LogP contribution in [0, 0.1) is 11.6 Å². The molecule has 0 radical (unpaired) electrons. The average molecular weight is 589 g/mol. The number of thiazole rings is 1. The molecule has 12 heteroatoms. The van der Waals surface area contributed by atoms with Crippen LogP contribution in [-0.2, 0) is 17.5 Å². The minimum Gasteiger partial charge on any atom is -0.382 e. The van der Waals surface area contributed by atoms with Crippen LogP contribution in [0.1, 0.15) is 47.5 Å². The highest BCUT2D eigenvalue weighted by molar-refractivity contribution is 7.82. The molecule has 0 amide bonds. The number of aromatic nitrogens is 1. The van der Waals surface area contributed by atoms with Crippen molar-refractivity contribution < 1.29 is 17.8 Å². The number of carbonyl (C=O) groups excluding carboxylic acids is 1. The molecular formula is C28H34F2N6O2S2. The van der Waals surface area contributed by atoms with E-state index in [4.69, 9.17) is 5.73 Å². The summed E-state index contributed by atoms with van der Waals surface area (Å²) in [6.45, 7) is 8.55. The second kappa shape index (κ2) is 12.4. The van der Waals surface area contributed by atoms with E-state index in [0.717, 1.165) is 48.0 Å². The smallest absolute Gasteiger partial charge is 0.212 e. The summed E-state index contributed by atoms with van der Waals surface area (Å²) in [5.41, 5.74) is 6.50. The van der Waals surface area contributed by atoms with Crippen LogP contribution >= 0.6 is 11.3 Å². The Morgan fingerprint density at radius 2 is 1.73 bits per heavy atom. The lowest BCUT2D eigenvalue weighted by Gasteiger charge is -2.36. The van der Waals surface area contributed by atoms with E-state index in [2.05, 4.69) is 46.5 Å². The molecular weight excluding hydrogens is 554 g/mol. The van der Waals surface area contributed by atoms with E-state index in [9.17, 15) is 17.8 Å². The maximum absolute atomic E-state index is 14.1. The molecule has 2 aliphatic rings. The van der Waals surface area contributed by atoms with E-state index in [1.54, 1.807) is 0 Å². The van der Waals surface area contributed by atoms with E-state index in [1.807, 2.05) is 16.4 Å². The summed E-state index contributed by atoms with van der Waals surface area (Å²) in [5.74, 6) is -2.77. The largest absolute Gasteiger partial charge is 0.382 e. The number of nitrogens with two attached hydrogens (primary N) is 1. The number of hydrogen-bond donors (Lipinski definition) is 3. The predicted octanol–water partition coefficient (Wildman–Crippen LogP) is 4.02. The third kappa shape index (κ3) is 6.58. The maximum atomic E-state index is 14.1. The number of piperazine rings is 1. The summed E-state index contributed by atoms with van der Waals surface area (Å²) in [6, 6.07) is 12.3. The quantitative estimate of drug-likeness (QED) is 0.342. The molecule has 0 spiro atoms. The van der Waals surface area contributed by atoms with Gasteiger partial charge in [-0.25, -0.2) is 22.3 Å². The van der Waals surface area contributed by atoms with Crippen molar-refractivity contribution in [3.05, 3.63) is 70.1 Å². The third-order valence-electron chi connectivity index (χ3n) is 7.23. The van der Waals surface area contributed by atoms with Gasteiger partial charge >= 0.3 is 0 Å². The Hall–Kier alpha value is -2.77. The first kappa shape index (κ1) is 28.7. The number of piperidine rings is 1. The fraction of sp³-hybridized carbons (Fsp3) is 0.429. The van der Waals surface area contributed by atoms with Gasteiger partial charge in [0.2, 0.25) is 5.78 Å². The van der Waals surface area contributed by atoms with E-state index < -0.39 is 34.0 Å². The first-order chi connectivity index (χ1) is 19.2. The molecule has 0 saturated carbocycles. The highest BCUT2D eigenvalue weighted by atomic mass is 32.2. The van der Waals surface area contributed by atoms with Crippen LogP contribution in [0.2, 0.25) is 0 Å². The Bertz CT molecular complexity index is 1350. The van der Waals surface area contributed by atoms with Crippen LogP contribution in [0.4, 0.5) is 19.7 Å². The van der Waals surface area contributed by atoms with Crippen LogP contribution in [0.15, 0.2) is 47.4 Å². The number of ketones is 1. The minimum atomic E-state index is -1.26. The number of nitrogens with one attached hydrogen (secondary N) is 2. The zero-order valence-electron chi connectivity index (χ0n) is 22.5. The van der Waals surface area contributed by atoms with Gasteiger partial charge < -0.3 is 16.4 Å². The first-order valence-corrected chi connectivity index (χ1v) is 15.4. The van der Waals surface area contributed by atoms with Gasteiger partial charge in [0.05, 0.1) is 10.5 Å². The van der Waals surface area contributed by atoms with Crippen molar-refractivity contribution in [2.75, 3.05) is 37.2 Å². The van der Waals surface area contributed by atoms with Crippen LogP contribution < -0.4 is 16.4 Å². The fourth-order valence-electron chi connectivity index (χ4n) is 5.41. The van der Waals surface area contributed by atoms with E-state index in [0.29, 0.717) is 43.1 Å². The molecule has 1 aromatic heterocycles. The highest BCUT2D eigenvalue weighted by Gasteiger charge is 2.27. The number of benzene rings is 2. The molecule has 2 aliphatic heterocycles. The van der Waals surface area contributed by atoms with Crippen molar-refractivity contribution >= 4 is 39.1 Å². The Morgan fingerprint density at radius 1 is 1.10 bits per heavy atom. The van der Waals surface area contributed by atoms with Gasteiger partial charge in [0.1, 0.15) is 33.3 Å². The van der Waals surface area contributed by atoms with Gasteiger partial charge in [-0.1, -0.05) is 29.5 Å². The lowest BCUT2D eigenvalue weighted by atomic mass is 10.1. The molecule has 8 nitrogen and oxygen atoms in total. The lowest BCUT2D eigenvalue weighted by molar-refractivity contribution is 0.103. The van der Waals surface area contributed by atoms with Crippen LogP contribution in [0.3, 0.4) is 0 Å². The second-order valence-electron chi connectivity index (χ2n) is 10.6. The number of rotatable bonds is 8. The average Bonchev–Trinajstić information content (AvgIpc) is 3.28. The topological polar surface area (TPSA) is 104 Å². The Morgan fingerprint density at radius 3 is 2.35 bits per heavy atom. The third-order valence-corrected chi connectivity index (χ3v) is 9.74. The van der Waals surface area contributed by atoms with Crippen LogP contribution in [0.25, 0.3) is 0 Å². The van der Waals surface area contributed by atoms with E-state index >= 15 is 0 Å². The molecule has 40 heavy (non-hydrogen) atoms. The van der Waals surface area contributed by atoms with Gasteiger partial charge in [0, 0.05) is 50.8 Å². The summed E-state index contributed by atoms with van der Waals surface area (Å²) in [4.78, 5) is 20.2. The molecule has 2 fully saturated rings.